The molecule has 3 fully saturated rings. The maximum atomic E-state index is 12.6. The van der Waals surface area contributed by atoms with Gasteiger partial charge in [0.25, 0.3) is 5.91 Å². The zero-order valence-electron chi connectivity index (χ0n) is 15.2. The van der Waals surface area contributed by atoms with Crippen LogP contribution in [0.5, 0.6) is 0 Å². The first kappa shape index (κ1) is 19.4. The van der Waals surface area contributed by atoms with Crippen LogP contribution in [0.3, 0.4) is 0 Å². The minimum atomic E-state index is -3.55. The third-order valence-corrected chi connectivity index (χ3v) is 8.55. The largest absolute Gasteiger partial charge is 0.325 e. The maximum Gasteiger partial charge on any atom is 0.325 e. The lowest BCUT2D eigenvalue weighted by atomic mass is 9.99. The average molecular weight is 424 g/mol. The summed E-state index contributed by atoms with van der Waals surface area (Å²) in [7, 11) is -3.55. The van der Waals surface area contributed by atoms with E-state index in [9.17, 15) is 22.8 Å². The topological polar surface area (TPSA) is 104 Å². The van der Waals surface area contributed by atoms with Crippen LogP contribution in [0.1, 0.15) is 29.6 Å². The van der Waals surface area contributed by atoms with E-state index in [0.29, 0.717) is 25.3 Å². The van der Waals surface area contributed by atoms with Gasteiger partial charge in [-0.1, -0.05) is 0 Å². The van der Waals surface area contributed by atoms with E-state index in [-0.39, 0.29) is 22.9 Å². The van der Waals surface area contributed by atoms with Crippen molar-refractivity contribution in [2.75, 3.05) is 31.1 Å². The minimum Gasteiger partial charge on any atom is -0.322 e. The molecule has 0 radical (unpaired) electrons. The fourth-order valence-corrected chi connectivity index (χ4v) is 6.62. The molecule has 1 atom stereocenters. The summed E-state index contributed by atoms with van der Waals surface area (Å²) in [5, 5.41) is 2.73. The van der Waals surface area contributed by atoms with Crippen LogP contribution in [0.25, 0.3) is 0 Å². The quantitative estimate of drug-likeness (QED) is 0.561. The molecule has 3 aliphatic rings. The summed E-state index contributed by atoms with van der Waals surface area (Å²) in [4.78, 5) is 38.5. The van der Waals surface area contributed by atoms with Crippen molar-refractivity contribution in [2.24, 2.45) is 0 Å². The summed E-state index contributed by atoms with van der Waals surface area (Å²) >= 11 is 1.60. The highest BCUT2D eigenvalue weighted by Crippen LogP contribution is 2.33. The number of Topliss-reactive ketones (excluding diaryl/α,β-unsaturated/α-hetero) is 1. The van der Waals surface area contributed by atoms with Gasteiger partial charge in [-0.15, -0.1) is 0 Å². The molecule has 150 valence electrons. The Bertz CT molecular complexity index is 917. The highest BCUT2D eigenvalue weighted by atomic mass is 32.2. The van der Waals surface area contributed by atoms with Gasteiger partial charge in [0.2, 0.25) is 10.0 Å². The van der Waals surface area contributed by atoms with E-state index >= 15 is 0 Å². The molecule has 4 rings (SSSR count). The molecule has 0 unspecified atom stereocenters. The van der Waals surface area contributed by atoms with Crippen molar-refractivity contribution in [2.45, 2.75) is 29.7 Å². The van der Waals surface area contributed by atoms with E-state index in [0.717, 1.165) is 23.5 Å². The van der Waals surface area contributed by atoms with Crippen LogP contribution in [0.15, 0.2) is 29.2 Å². The van der Waals surface area contributed by atoms with E-state index in [1.807, 2.05) is 0 Å². The third-order valence-electron chi connectivity index (χ3n) is 5.45. The van der Waals surface area contributed by atoms with Gasteiger partial charge in [-0.25, -0.2) is 13.2 Å². The Morgan fingerprint density at radius 1 is 1.14 bits per heavy atom. The molecule has 3 amide bonds. The second-order valence-corrected chi connectivity index (χ2v) is 10.3. The molecule has 0 aromatic heterocycles. The van der Waals surface area contributed by atoms with Gasteiger partial charge >= 0.3 is 6.03 Å². The number of amides is 3. The van der Waals surface area contributed by atoms with Gasteiger partial charge in [0.05, 0.1) is 11.4 Å². The molecular weight excluding hydrogens is 402 g/mol. The van der Waals surface area contributed by atoms with Gasteiger partial charge in [-0.3, -0.25) is 14.5 Å². The number of carbonyl (C=O) groups excluding carboxylic acids is 3. The van der Waals surface area contributed by atoms with E-state index in [4.69, 9.17) is 0 Å². The number of hydrogen-bond donors (Lipinski definition) is 1. The monoisotopic (exact) mass is 423 g/mol. The van der Waals surface area contributed by atoms with Crippen molar-refractivity contribution < 1.29 is 22.8 Å². The van der Waals surface area contributed by atoms with Crippen molar-refractivity contribution in [1.29, 1.82) is 0 Å². The van der Waals surface area contributed by atoms with Crippen molar-refractivity contribution in [1.82, 2.24) is 14.5 Å². The summed E-state index contributed by atoms with van der Waals surface area (Å²) in [6.45, 7) is 0.666. The molecule has 3 saturated heterocycles. The summed E-state index contributed by atoms with van der Waals surface area (Å²) in [6, 6.07) is 5.13. The number of urea groups is 1. The number of imide groups is 1. The number of sulfonamides is 1. The molecule has 1 spiro atoms. The first-order valence-corrected chi connectivity index (χ1v) is 11.8. The SMILES string of the molecule is O=C(CN1C(=O)N[C@]2(CCSC2)C1=O)c1ccc(S(=O)(=O)N2CCCC2)cc1. The van der Waals surface area contributed by atoms with Crippen LogP contribution in [0, 0.1) is 0 Å². The summed E-state index contributed by atoms with van der Waals surface area (Å²) in [5.74, 6) is 0.548. The van der Waals surface area contributed by atoms with Crippen LogP contribution >= 0.6 is 11.8 Å². The standard InChI is InChI=1S/C18H21N3O5S2/c22-15(11-21-16(23)18(19-17(21)24)7-10-27-12-18)13-3-5-14(6-4-13)28(25,26)20-8-1-2-9-20/h3-6H,1-2,7-12H2,(H,19,24)/t18-/m0/s1. The van der Waals surface area contributed by atoms with Gasteiger partial charge in [-0.05, 0) is 49.3 Å². The Balaban J connectivity index is 1.47. The zero-order valence-corrected chi connectivity index (χ0v) is 16.9. The van der Waals surface area contributed by atoms with E-state index in [1.165, 1.54) is 28.6 Å². The molecule has 0 saturated carbocycles. The van der Waals surface area contributed by atoms with Gasteiger partial charge in [0.15, 0.2) is 5.78 Å². The molecular formula is C18H21N3O5S2. The van der Waals surface area contributed by atoms with Crippen LogP contribution < -0.4 is 5.32 Å². The molecule has 0 aliphatic carbocycles. The predicted octanol–water partition coefficient (Wildman–Crippen LogP) is 1.08. The Morgan fingerprint density at radius 3 is 2.43 bits per heavy atom. The number of nitrogens with zero attached hydrogens (tertiary/aromatic N) is 2. The summed E-state index contributed by atoms with van der Waals surface area (Å²) < 4.78 is 26.6. The second kappa shape index (κ2) is 7.16. The maximum absolute atomic E-state index is 12.6. The number of hydrogen-bond acceptors (Lipinski definition) is 6. The lowest BCUT2D eigenvalue weighted by Gasteiger charge is -2.19. The number of benzene rings is 1. The van der Waals surface area contributed by atoms with Crippen molar-refractivity contribution in [3.63, 3.8) is 0 Å². The molecule has 0 bridgehead atoms. The van der Waals surface area contributed by atoms with Crippen molar-refractivity contribution in [3.8, 4) is 0 Å². The van der Waals surface area contributed by atoms with Crippen LogP contribution in [0.2, 0.25) is 0 Å². The second-order valence-electron chi connectivity index (χ2n) is 7.26. The highest BCUT2D eigenvalue weighted by Gasteiger charge is 2.53. The fourth-order valence-electron chi connectivity index (χ4n) is 3.78. The number of ketones is 1. The Kier molecular flexibility index (Phi) is 4.96. The van der Waals surface area contributed by atoms with Crippen molar-refractivity contribution >= 4 is 39.5 Å². The number of nitrogens with one attached hydrogen (secondary N) is 1. The number of carbonyl (C=O) groups is 3. The van der Waals surface area contributed by atoms with Crippen LogP contribution in [0.4, 0.5) is 4.79 Å². The lowest BCUT2D eigenvalue weighted by molar-refractivity contribution is -0.130. The molecule has 8 nitrogen and oxygen atoms in total. The van der Waals surface area contributed by atoms with E-state index in [1.54, 1.807) is 11.8 Å². The van der Waals surface area contributed by atoms with Gasteiger partial charge in [0, 0.05) is 24.4 Å². The van der Waals surface area contributed by atoms with E-state index in [2.05, 4.69) is 5.32 Å². The minimum absolute atomic E-state index is 0.142. The Hall–Kier alpha value is -1.91. The molecule has 28 heavy (non-hydrogen) atoms. The first-order chi connectivity index (χ1) is 13.3. The molecule has 10 heteroatoms. The molecule has 1 aromatic rings. The van der Waals surface area contributed by atoms with E-state index < -0.39 is 27.4 Å². The predicted molar refractivity (Wildman–Crippen MR) is 104 cm³/mol. The lowest BCUT2D eigenvalue weighted by Crippen LogP contribution is -2.47. The molecule has 1 aromatic carbocycles. The van der Waals surface area contributed by atoms with Gasteiger partial charge in [0.1, 0.15) is 5.54 Å². The zero-order chi connectivity index (χ0) is 19.9. The molecule has 3 aliphatic heterocycles. The summed E-state index contributed by atoms with van der Waals surface area (Å²) in [6.07, 6.45) is 2.26. The Labute approximate surface area is 167 Å². The molecule has 3 heterocycles. The van der Waals surface area contributed by atoms with Crippen LogP contribution in [-0.4, -0.2) is 72.0 Å². The smallest absolute Gasteiger partial charge is 0.322 e. The van der Waals surface area contributed by atoms with Crippen LogP contribution in [-0.2, 0) is 14.8 Å². The van der Waals surface area contributed by atoms with Crippen molar-refractivity contribution in [3.05, 3.63) is 29.8 Å². The number of rotatable bonds is 5. The van der Waals surface area contributed by atoms with Gasteiger partial charge in [-0.2, -0.15) is 16.1 Å². The summed E-state index contributed by atoms with van der Waals surface area (Å²) in [5.41, 5.74) is -0.613. The van der Waals surface area contributed by atoms with Gasteiger partial charge < -0.3 is 5.32 Å². The first-order valence-electron chi connectivity index (χ1n) is 9.19. The average Bonchev–Trinajstić information content (AvgIpc) is 3.41. The number of thioether (sulfide) groups is 1. The molecule has 1 N–H and O–H groups in total. The third kappa shape index (κ3) is 3.23. The fraction of sp³-hybridized carbons (Fsp3) is 0.500. The Morgan fingerprint density at radius 2 is 1.82 bits per heavy atom. The normalized spacial score (nSPS) is 25.6. The highest BCUT2D eigenvalue weighted by molar-refractivity contribution is 7.99.